The fourth-order valence-electron chi connectivity index (χ4n) is 6.47. The Kier molecular flexibility index (Phi) is 3.64. The van der Waals surface area contributed by atoms with E-state index in [1.807, 2.05) is 18.3 Å². The van der Waals surface area contributed by atoms with Crippen LogP contribution in [0.3, 0.4) is 0 Å². The molecule has 7 heteroatoms. The van der Waals surface area contributed by atoms with Gasteiger partial charge in [-0.2, -0.15) is 5.10 Å². The van der Waals surface area contributed by atoms with Gasteiger partial charge in [0.25, 0.3) is 10.0 Å². The van der Waals surface area contributed by atoms with Gasteiger partial charge in [-0.25, -0.2) is 8.42 Å². The number of nitrogens with one attached hydrogen (secondary N) is 1. The van der Waals surface area contributed by atoms with E-state index < -0.39 is 10.0 Å². The van der Waals surface area contributed by atoms with Crippen molar-refractivity contribution in [2.24, 2.45) is 17.8 Å². The molecule has 0 unspecified atom stereocenters. The van der Waals surface area contributed by atoms with Crippen LogP contribution >= 0.6 is 0 Å². The second kappa shape index (κ2) is 6.05. The molecule has 1 aromatic carbocycles. The highest BCUT2D eigenvalue weighted by Gasteiger charge is 2.52. The van der Waals surface area contributed by atoms with E-state index in [-0.39, 0.29) is 10.4 Å². The number of aromatic nitrogens is 3. The molecule has 6 nitrogen and oxygen atoms in total. The summed E-state index contributed by atoms with van der Waals surface area (Å²) in [6.07, 6.45) is 11.2. The summed E-state index contributed by atoms with van der Waals surface area (Å²) in [4.78, 5) is 4.46. The Labute approximate surface area is 170 Å². The monoisotopic (exact) mass is 408 g/mol. The number of hydrogen-bond donors (Lipinski definition) is 1. The highest BCUT2D eigenvalue weighted by molar-refractivity contribution is 7.93. The summed E-state index contributed by atoms with van der Waals surface area (Å²) in [6, 6.07) is 10.7. The summed E-state index contributed by atoms with van der Waals surface area (Å²) in [5.74, 6) is 2.82. The van der Waals surface area contributed by atoms with Crippen molar-refractivity contribution in [3.8, 4) is 0 Å². The molecular weight excluding hydrogens is 384 g/mol. The summed E-state index contributed by atoms with van der Waals surface area (Å²) < 4.78 is 30.9. The van der Waals surface area contributed by atoms with E-state index >= 15 is 0 Å². The fourth-order valence-corrected chi connectivity index (χ4v) is 7.65. The first-order chi connectivity index (χ1) is 14.0. The number of hydrogen-bond acceptors (Lipinski definition) is 4. The Bertz CT molecular complexity index is 1160. The average molecular weight is 409 g/mol. The van der Waals surface area contributed by atoms with Gasteiger partial charge in [0.15, 0.2) is 5.82 Å². The third-order valence-corrected chi connectivity index (χ3v) is 8.59. The Hall–Kier alpha value is -2.41. The van der Waals surface area contributed by atoms with Crippen LogP contribution < -0.4 is 4.72 Å². The predicted molar refractivity (Wildman–Crippen MR) is 111 cm³/mol. The Balaban J connectivity index is 1.32. The van der Waals surface area contributed by atoms with E-state index in [0.717, 1.165) is 23.1 Å². The smallest absolute Gasteiger partial charge is 0.264 e. The van der Waals surface area contributed by atoms with Gasteiger partial charge in [-0.1, -0.05) is 18.2 Å². The molecule has 29 heavy (non-hydrogen) atoms. The van der Waals surface area contributed by atoms with Crippen molar-refractivity contribution in [3.05, 3.63) is 48.8 Å². The maximum Gasteiger partial charge on any atom is 0.265 e. The lowest BCUT2D eigenvalue weighted by atomic mass is 9.53. The summed E-state index contributed by atoms with van der Waals surface area (Å²) in [6.45, 7) is 0. The first kappa shape index (κ1) is 17.4. The molecule has 3 aromatic rings. The second-order valence-electron chi connectivity index (χ2n) is 9.22. The zero-order valence-corrected chi connectivity index (χ0v) is 17.0. The van der Waals surface area contributed by atoms with Gasteiger partial charge in [0, 0.05) is 23.8 Å². The lowest BCUT2D eigenvalue weighted by molar-refractivity contribution is -0.0492. The Morgan fingerprint density at radius 1 is 0.966 bits per heavy atom. The third-order valence-electron chi connectivity index (χ3n) is 7.21. The molecule has 2 heterocycles. The highest BCUT2D eigenvalue weighted by atomic mass is 32.2. The van der Waals surface area contributed by atoms with E-state index in [9.17, 15) is 8.42 Å². The number of rotatable bonds is 4. The van der Waals surface area contributed by atoms with Gasteiger partial charge in [0.2, 0.25) is 0 Å². The number of sulfonamides is 1. The summed E-state index contributed by atoms with van der Waals surface area (Å²) in [5, 5.41) is 5.50. The predicted octanol–water partition coefficient (Wildman–Crippen LogP) is 4.16. The SMILES string of the molecule is O=S(=O)(Nc1ccn(C23CC4CC(CC(C4)C2)C3)n1)c1cccc2cccnc12. The van der Waals surface area contributed by atoms with Gasteiger partial charge >= 0.3 is 0 Å². The van der Waals surface area contributed by atoms with Crippen molar-refractivity contribution >= 4 is 26.7 Å². The molecule has 0 spiro atoms. The number of para-hydroxylation sites is 1. The van der Waals surface area contributed by atoms with E-state index in [4.69, 9.17) is 5.10 Å². The molecule has 4 aliphatic rings. The van der Waals surface area contributed by atoms with E-state index in [2.05, 4.69) is 14.4 Å². The summed E-state index contributed by atoms with van der Waals surface area (Å²) in [5.41, 5.74) is 0.558. The van der Waals surface area contributed by atoms with Gasteiger partial charge in [-0.05, 0) is 68.4 Å². The molecule has 4 aliphatic carbocycles. The van der Waals surface area contributed by atoms with Gasteiger partial charge in [0.1, 0.15) is 4.90 Å². The maximum absolute atomic E-state index is 13.1. The highest BCUT2D eigenvalue weighted by Crippen LogP contribution is 2.58. The van der Waals surface area contributed by atoms with Gasteiger partial charge < -0.3 is 0 Å². The van der Waals surface area contributed by atoms with E-state index in [0.29, 0.717) is 11.3 Å². The van der Waals surface area contributed by atoms with Crippen molar-refractivity contribution in [2.75, 3.05) is 4.72 Å². The zero-order valence-electron chi connectivity index (χ0n) is 16.2. The number of pyridine rings is 1. The van der Waals surface area contributed by atoms with Crippen LogP contribution in [0.2, 0.25) is 0 Å². The van der Waals surface area contributed by atoms with Crippen LogP contribution in [0.1, 0.15) is 38.5 Å². The standard InChI is InChI=1S/C22H24N4O2S/c27-29(28,19-5-1-3-18-4-2-7-23-21(18)19)25-20-6-8-26(24-20)22-12-15-9-16(13-22)11-17(10-15)14-22/h1-8,15-17H,9-14H2,(H,24,25). The molecule has 4 saturated carbocycles. The third kappa shape index (κ3) is 2.78. The molecule has 4 bridgehead atoms. The topological polar surface area (TPSA) is 76.9 Å². The number of fused-ring (bicyclic) bond motifs is 1. The number of nitrogens with zero attached hydrogens (tertiary/aromatic N) is 3. The Morgan fingerprint density at radius 2 is 1.66 bits per heavy atom. The van der Waals surface area contributed by atoms with Gasteiger partial charge in [0.05, 0.1) is 11.1 Å². The molecule has 4 fully saturated rings. The minimum absolute atomic E-state index is 0.0828. The van der Waals surface area contributed by atoms with Crippen molar-refractivity contribution in [1.29, 1.82) is 0 Å². The van der Waals surface area contributed by atoms with Crippen LogP contribution in [-0.4, -0.2) is 23.2 Å². The molecule has 7 rings (SSSR count). The molecule has 0 aliphatic heterocycles. The molecule has 0 atom stereocenters. The minimum Gasteiger partial charge on any atom is -0.264 e. The quantitative estimate of drug-likeness (QED) is 0.703. The van der Waals surface area contributed by atoms with Crippen molar-refractivity contribution in [1.82, 2.24) is 14.8 Å². The molecule has 150 valence electrons. The molecule has 2 aromatic heterocycles. The fraction of sp³-hybridized carbons (Fsp3) is 0.455. The normalized spacial score (nSPS) is 30.7. The molecule has 0 radical (unpaired) electrons. The van der Waals surface area contributed by atoms with Crippen LogP contribution in [0.25, 0.3) is 10.9 Å². The molecule has 1 N–H and O–H groups in total. The Morgan fingerprint density at radius 3 is 2.38 bits per heavy atom. The van der Waals surface area contributed by atoms with Crippen molar-refractivity contribution in [3.63, 3.8) is 0 Å². The summed E-state index contributed by atoms with van der Waals surface area (Å²) in [7, 11) is -3.77. The summed E-state index contributed by atoms with van der Waals surface area (Å²) >= 11 is 0. The second-order valence-corrected chi connectivity index (χ2v) is 10.9. The molecular formula is C22H24N4O2S. The average Bonchev–Trinajstić information content (AvgIpc) is 3.15. The van der Waals surface area contributed by atoms with E-state index in [1.165, 1.54) is 38.5 Å². The van der Waals surface area contributed by atoms with Crippen LogP contribution in [0.15, 0.2) is 53.7 Å². The molecule has 0 saturated heterocycles. The largest absolute Gasteiger partial charge is 0.265 e. The zero-order chi connectivity index (χ0) is 19.6. The van der Waals surface area contributed by atoms with Crippen LogP contribution in [-0.2, 0) is 15.6 Å². The molecule has 0 amide bonds. The maximum atomic E-state index is 13.1. The van der Waals surface area contributed by atoms with Crippen LogP contribution in [0.5, 0.6) is 0 Å². The van der Waals surface area contributed by atoms with Crippen molar-refractivity contribution < 1.29 is 8.42 Å². The first-order valence-electron chi connectivity index (χ1n) is 10.4. The lowest BCUT2D eigenvalue weighted by Gasteiger charge is -2.56. The van der Waals surface area contributed by atoms with Gasteiger partial charge in [-0.15, -0.1) is 0 Å². The van der Waals surface area contributed by atoms with Crippen LogP contribution in [0.4, 0.5) is 5.82 Å². The van der Waals surface area contributed by atoms with E-state index in [1.54, 1.807) is 30.5 Å². The first-order valence-corrected chi connectivity index (χ1v) is 11.9. The van der Waals surface area contributed by atoms with Crippen molar-refractivity contribution in [2.45, 2.75) is 49.0 Å². The minimum atomic E-state index is -3.77. The van der Waals surface area contributed by atoms with Gasteiger partial charge in [-0.3, -0.25) is 14.4 Å². The lowest BCUT2D eigenvalue weighted by Crippen LogP contribution is -2.52. The van der Waals surface area contributed by atoms with Crippen LogP contribution in [0, 0.1) is 17.8 Å². The number of benzene rings is 1. The number of anilines is 1.